The van der Waals surface area contributed by atoms with E-state index in [1.54, 1.807) is 25.1 Å². The Balaban J connectivity index is 1.36. The third-order valence-corrected chi connectivity index (χ3v) is 6.39. The normalized spacial score (nSPS) is 19.9. The molecule has 0 atom stereocenters. The fraction of sp³-hybridized carbons (Fsp3) is 0.696. The van der Waals surface area contributed by atoms with Gasteiger partial charge in [0.25, 0.3) is 0 Å². The lowest BCUT2D eigenvalue weighted by atomic mass is 9.93. The maximum Gasteiger partial charge on any atom is 0.393 e. The molecule has 0 saturated carbocycles. The summed E-state index contributed by atoms with van der Waals surface area (Å²) in [6.45, 7) is 9.49. The van der Waals surface area contributed by atoms with E-state index in [1.807, 2.05) is 6.07 Å². The molecule has 2 aliphatic heterocycles. The Bertz CT molecular complexity index is 679. The lowest BCUT2D eigenvalue weighted by Crippen LogP contribution is -2.47. The third-order valence-electron chi connectivity index (χ3n) is 6.39. The second kappa shape index (κ2) is 10.6. The molecular weight excluding hydrogens is 391 g/mol. The van der Waals surface area contributed by atoms with E-state index in [1.165, 1.54) is 19.3 Å². The minimum atomic E-state index is -4.17. The van der Waals surface area contributed by atoms with Gasteiger partial charge in [-0.25, -0.2) is 0 Å². The van der Waals surface area contributed by atoms with Crippen molar-refractivity contribution in [2.75, 3.05) is 57.3 Å². The quantitative estimate of drug-likeness (QED) is 0.629. The van der Waals surface area contributed by atoms with E-state index < -0.39 is 12.6 Å². The molecule has 0 amide bonds. The number of carbonyl (C=O) groups is 1. The lowest BCUT2D eigenvalue weighted by molar-refractivity contribution is -0.127. The summed E-state index contributed by atoms with van der Waals surface area (Å²) in [5.41, 5.74) is 1.23. The molecule has 0 bridgehead atoms. The van der Waals surface area contributed by atoms with Crippen LogP contribution in [-0.2, 0) is 11.2 Å². The van der Waals surface area contributed by atoms with E-state index in [9.17, 15) is 18.0 Å². The van der Waals surface area contributed by atoms with Crippen LogP contribution in [0.5, 0.6) is 0 Å². The predicted molar refractivity (Wildman–Crippen MR) is 114 cm³/mol. The van der Waals surface area contributed by atoms with Gasteiger partial charge >= 0.3 is 6.18 Å². The molecule has 3 rings (SSSR count). The number of hydrogen-bond acceptors (Lipinski definition) is 4. The highest BCUT2D eigenvalue weighted by Crippen LogP contribution is 2.25. The first-order chi connectivity index (χ1) is 14.3. The molecule has 4 nitrogen and oxygen atoms in total. The molecule has 2 saturated heterocycles. The second-order valence-electron chi connectivity index (χ2n) is 8.82. The van der Waals surface area contributed by atoms with Gasteiger partial charge in [0.05, 0.1) is 6.42 Å². The zero-order chi connectivity index (χ0) is 21.6. The summed E-state index contributed by atoms with van der Waals surface area (Å²) in [5.74, 6) is 1.03. The summed E-state index contributed by atoms with van der Waals surface area (Å²) in [6, 6.07) is 6.88. The number of Topliss-reactive ketones (excluding diaryl/α,β-unsaturated/α-hetero) is 1. The van der Waals surface area contributed by atoms with Gasteiger partial charge in [-0.15, -0.1) is 0 Å². The number of nitrogens with zero attached hydrogens (tertiary/aromatic N) is 3. The van der Waals surface area contributed by atoms with Crippen LogP contribution in [0.15, 0.2) is 24.3 Å². The number of ketones is 1. The van der Waals surface area contributed by atoms with Crippen LogP contribution in [-0.4, -0.2) is 74.1 Å². The van der Waals surface area contributed by atoms with Crippen LogP contribution in [0, 0.1) is 5.92 Å². The Labute approximate surface area is 178 Å². The van der Waals surface area contributed by atoms with Crippen molar-refractivity contribution in [3.8, 4) is 0 Å². The van der Waals surface area contributed by atoms with Crippen LogP contribution in [0.1, 0.15) is 38.2 Å². The van der Waals surface area contributed by atoms with Crippen molar-refractivity contribution in [1.82, 2.24) is 9.80 Å². The average molecular weight is 426 g/mol. The van der Waals surface area contributed by atoms with E-state index in [-0.39, 0.29) is 5.78 Å². The second-order valence-corrected chi connectivity index (χ2v) is 8.82. The van der Waals surface area contributed by atoms with Crippen molar-refractivity contribution in [1.29, 1.82) is 0 Å². The Morgan fingerprint density at radius 1 is 1.00 bits per heavy atom. The van der Waals surface area contributed by atoms with Gasteiger partial charge in [-0.1, -0.05) is 12.1 Å². The van der Waals surface area contributed by atoms with Crippen molar-refractivity contribution >= 4 is 11.5 Å². The van der Waals surface area contributed by atoms with Gasteiger partial charge in [-0.05, 0) is 69.4 Å². The molecule has 0 aromatic heterocycles. The van der Waals surface area contributed by atoms with Gasteiger partial charge in [-0.2, -0.15) is 13.2 Å². The number of carbonyl (C=O) groups excluding carboxylic acids is 1. The van der Waals surface area contributed by atoms with Crippen molar-refractivity contribution in [3.63, 3.8) is 0 Å². The number of halogens is 3. The smallest absolute Gasteiger partial charge is 0.369 e. The summed E-state index contributed by atoms with van der Waals surface area (Å²) >= 11 is 0. The molecule has 168 valence electrons. The van der Waals surface area contributed by atoms with Gasteiger partial charge in [0.2, 0.25) is 0 Å². The van der Waals surface area contributed by atoms with Crippen LogP contribution >= 0.6 is 0 Å². The van der Waals surface area contributed by atoms with Gasteiger partial charge in [0.1, 0.15) is 5.78 Å². The molecule has 0 spiro atoms. The van der Waals surface area contributed by atoms with Crippen molar-refractivity contribution in [3.05, 3.63) is 29.8 Å². The molecule has 0 aliphatic carbocycles. The van der Waals surface area contributed by atoms with Crippen LogP contribution in [0.25, 0.3) is 0 Å². The zero-order valence-electron chi connectivity index (χ0n) is 18.0. The van der Waals surface area contributed by atoms with E-state index in [0.717, 1.165) is 64.0 Å². The number of benzene rings is 1. The molecule has 1 aromatic carbocycles. The average Bonchev–Trinajstić information content (AvgIpc) is 2.71. The van der Waals surface area contributed by atoms with Gasteiger partial charge in [-0.3, -0.25) is 9.69 Å². The van der Waals surface area contributed by atoms with Crippen molar-refractivity contribution < 1.29 is 18.0 Å². The summed E-state index contributed by atoms with van der Waals surface area (Å²) < 4.78 is 38.0. The fourth-order valence-corrected chi connectivity index (χ4v) is 4.50. The number of likely N-dealkylation sites (tertiary alicyclic amines) is 1. The number of piperidine rings is 1. The maximum atomic E-state index is 12.7. The molecule has 1 aromatic rings. The maximum absolute atomic E-state index is 12.7. The molecule has 2 heterocycles. The standard InChI is InChI=1S/C23H34F3N3O/c1-19(30)5-9-27-10-6-20(7-11-27)8-12-28-13-15-29(16-14-28)22-4-2-3-21(17-22)18-23(24,25)26/h2-4,17,20H,5-16,18H2,1H3. The van der Waals surface area contributed by atoms with Crippen LogP contribution in [0.3, 0.4) is 0 Å². The Morgan fingerprint density at radius 3 is 2.30 bits per heavy atom. The molecular formula is C23H34F3N3O. The van der Waals surface area contributed by atoms with Crippen LogP contribution in [0.4, 0.5) is 18.9 Å². The Morgan fingerprint density at radius 2 is 1.67 bits per heavy atom. The fourth-order valence-electron chi connectivity index (χ4n) is 4.50. The highest BCUT2D eigenvalue weighted by atomic mass is 19.4. The van der Waals surface area contributed by atoms with Crippen molar-refractivity contribution in [2.45, 2.75) is 45.2 Å². The molecule has 2 fully saturated rings. The largest absolute Gasteiger partial charge is 0.393 e. The van der Waals surface area contributed by atoms with E-state index in [2.05, 4.69) is 14.7 Å². The summed E-state index contributed by atoms with van der Waals surface area (Å²) in [4.78, 5) is 18.2. The molecule has 7 heteroatoms. The van der Waals surface area contributed by atoms with Gasteiger partial charge < -0.3 is 9.80 Å². The molecule has 0 radical (unpaired) electrons. The number of hydrogen-bond donors (Lipinski definition) is 0. The van der Waals surface area contributed by atoms with Crippen LogP contribution < -0.4 is 4.90 Å². The summed E-state index contributed by atoms with van der Waals surface area (Å²) in [7, 11) is 0. The molecule has 0 unspecified atom stereocenters. The SMILES string of the molecule is CC(=O)CCN1CCC(CCN2CCN(c3cccc(CC(F)(F)F)c3)CC2)CC1. The number of alkyl halides is 3. The van der Waals surface area contributed by atoms with Gasteiger partial charge in [0.15, 0.2) is 0 Å². The number of anilines is 1. The third kappa shape index (κ3) is 7.58. The summed E-state index contributed by atoms with van der Waals surface area (Å²) in [6.07, 6.45) is -0.737. The Kier molecular flexibility index (Phi) is 8.17. The molecule has 2 aliphatic rings. The van der Waals surface area contributed by atoms with E-state index in [0.29, 0.717) is 12.0 Å². The first-order valence-corrected chi connectivity index (χ1v) is 11.1. The topological polar surface area (TPSA) is 26.8 Å². The monoisotopic (exact) mass is 425 g/mol. The number of rotatable bonds is 8. The van der Waals surface area contributed by atoms with E-state index in [4.69, 9.17) is 0 Å². The highest BCUT2D eigenvalue weighted by Gasteiger charge is 2.28. The van der Waals surface area contributed by atoms with E-state index >= 15 is 0 Å². The Hall–Kier alpha value is -1.60. The first-order valence-electron chi connectivity index (χ1n) is 11.1. The highest BCUT2D eigenvalue weighted by molar-refractivity contribution is 5.75. The first kappa shape index (κ1) is 23.1. The van der Waals surface area contributed by atoms with Crippen molar-refractivity contribution in [2.24, 2.45) is 5.92 Å². The molecule has 30 heavy (non-hydrogen) atoms. The predicted octanol–water partition coefficient (Wildman–Crippen LogP) is 3.99. The van der Waals surface area contributed by atoms with Gasteiger partial charge in [0, 0.05) is 44.8 Å². The lowest BCUT2D eigenvalue weighted by Gasteiger charge is -2.37. The molecule has 0 N–H and O–H groups in total. The van der Waals surface area contributed by atoms with Crippen LogP contribution in [0.2, 0.25) is 0 Å². The summed E-state index contributed by atoms with van der Waals surface area (Å²) in [5, 5.41) is 0. The number of piperazine rings is 1. The minimum absolute atomic E-state index is 0.267. The minimum Gasteiger partial charge on any atom is -0.369 e. The zero-order valence-corrected chi connectivity index (χ0v) is 18.0.